The number of ether oxygens (including phenoxy) is 1. The first-order valence-corrected chi connectivity index (χ1v) is 8.66. The molecule has 0 aliphatic carbocycles. The molecule has 134 valence electrons. The molecule has 1 amide bonds. The number of nitrogens with zero attached hydrogens (tertiary/aromatic N) is 6. The van der Waals surface area contributed by atoms with Gasteiger partial charge in [-0.3, -0.25) is 4.79 Å². The summed E-state index contributed by atoms with van der Waals surface area (Å²) in [6.07, 6.45) is 7.66. The van der Waals surface area contributed by atoms with Gasteiger partial charge in [-0.05, 0) is 13.8 Å². The van der Waals surface area contributed by atoms with Crippen molar-refractivity contribution in [3.8, 4) is 12.3 Å². The third kappa shape index (κ3) is 4.42. The number of carbonyl (C=O) groups is 1. The van der Waals surface area contributed by atoms with Crippen LogP contribution in [0.5, 0.6) is 0 Å². The van der Waals surface area contributed by atoms with Gasteiger partial charge in [-0.15, -0.1) is 12.3 Å². The summed E-state index contributed by atoms with van der Waals surface area (Å²) in [6, 6.07) is 0. The van der Waals surface area contributed by atoms with Gasteiger partial charge in [0.15, 0.2) is 5.66 Å². The summed E-state index contributed by atoms with van der Waals surface area (Å²) in [6.45, 7) is 6.13. The second-order valence-electron chi connectivity index (χ2n) is 6.61. The number of rotatable bonds is 7. The number of amides is 1. The summed E-state index contributed by atoms with van der Waals surface area (Å²) in [5.41, 5.74) is -0.400. The average Bonchev–Trinajstić information content (AvgIpc) is 3.30. The van der Waals surface area contributed by atoms with Gasteiger partial charge in [0.25, 0.3) is 0 Å². The van der Waals surface area contributed by atoms with Crippen LogP contribution in [0.15, 0.2) is 10.2 Å². The van der Waals surface area contributed by atoms with E-state index < -0.39 is 5.66 Å². The van der Waals surface area contributed by atoms with Gasteiger partial charge in [0.05, 0.1) is 19.3 Å². The SMILES string of the molecule is C#CCCC1(CCC(=O)N2CCOC(Cn3nc(C)nc3C)C2)N=N1. The Kier molecular flexibility index (Phi) is 5.13. The molecule has 0 bridgehead atoms. The van der Waals surface area contributed by atoms with Crippen LogP contribution in [0, 0.1) is 26.2 Å². The highest BCUT2D eigenvalue weighted by Gasteiger charge is 2.40. The molecule has 3 heterocycles. The van der Waals surface area contributed by atoms with Crippen molar-refractivity contribution in [1.29, 1.82) is 0 Å². The molecule has 2 aliphatic heterocycles. The van der Waals surface area contributed by atoms with E-state index >= 15 is 0 Å². The monoisotopic (exact) mass is 344 g/mol. The second-order valence-corrected chi connectivity index (χ2v) is 6.61. The minimum absolute atomic E-state index is 0.0665. The molecule has 0 aromatic carbocycles. The lowest BCUT2D eigenvalue weighted by molar-refractivity contribution is -0.139. The lowest BCUT2D eigenvalue weighted by atomic mass is 10.0. The molecule has 0 spiro atoms. The molecule has 1 aromatic heterocycles. The molecule has 3 rings (SSSR count). The average molecular weight is 344 g/mol. The molecular formula is C17H24N6O2. The van der Waals surface area contributed by atoms with Crippen LogP contribution in [0.4, 0.5) is 0 Å². The maximum atomic E-state index is 12.5. The van der Waals surface area contributed by atoms with Crippen LogP contribution in [0.3, 0.4) is 0 Å². The summed E-state index contributed by atoms with van der Waals surface area (Å²) in [4.78, 5) is 18.7. The first-order chi connectivity index (χ1) is 12.0. The lowest BCUT2D eigenvalue weighted by Crippen LogP contribution is -2.47. The molecule has 1 aromatic rings. The molecule has 0 saturated carbocycles. The minimum Gasteiger partial charge on any atom is -0.373 e. The highest BCUT2D eigenvalue weighted by molar-refractivity contribution is 5.76. The Morgan fingerprint density at radius 3 is 2.84 bits per heavy atom. The van der Waals surface area contributed by atoms with Gasteiger partial charge in [-0.25, -0.2) is 9.67 Å². The molecule has 2 aliphatic rings. The molecule has 25 heavy (non-hydrogen) atoms. The molecule has 0 radical (unpaired) electrons. The topological polar surface area (TPSA) is 85.0 Å². The van der Waals surface area contributed by atoms with Gasteiger partial charge in [0.2, 0.25) is 5.91 Å². The van der Waals surface area contributed by atoms with Crippen LogP contribution in [-0.4, -0.2) is 57.0 Å². The predicted molar refractivity (Wildman–Crippen MR) is 90.7 cm³/mol. The van der Waals surface area contributed by atoms with Gasteiger partial charge in [0, 0.05) is 38.8 Å². The summed E-state index contributed by atoms with van der Waals surface area (Å²) in [5, 5.41) is 12.5. The van der Waals surface area contributed by atoms with Gasteiger partial charge >= 0.3 is 0 Å². The van der Waals surface area contributed by atoms with Crippen molar-refractivity contribution in [2.24, 2.45) is 10.2 Å². The number of terminal acetylenes is 1. The van der Waals surface area contributed by atoms with E-state index in [1.54, 1.807) is 0 Å². The fourth-order valence-electron chi connectivity index (χ4n) is 3.12. The second kappa shape index (κ2) is 7.31. The molecular weight excluding hydrogens is 320 g/mol. The van der Waals surface area contributed by atoms with Crippen molar-refractivity contribution >= 4 is 5.91 Å². The molecule has 8 nitrogen and oxygen atoms in total. The van der Waals surface area contributed by atoms with Crippen LogP contribution in [0.1, 0.15) is 37.3 Å². The third-order valence-corrected chi connectivity index (χ3v) is 4.62. The zero-order chi connectivity index (χ0) is 17.9. The Balaban J connectivity index is 1.48. The van der Waals surface area contributed by atoms with E-state index in [9.17, 15) is 4.79 Å². The van der Waals surface area contributed by atoms with Crippen LogP contribution >= 0.6 is 0 Å². The van der Waals surface area contributed by atoms with Gasteiger partial charge < -0.3 is 9.64 Å². The predicted octanol–water partition coefficient (Wildman–Crippen LogP) is 1.48. The Hall–Kier alpha value is -2.27. The quantitative estimate of drug-likeness (QED) is 0.701. The van der Waals surface area contributed by atoms with Crippen molar-refractivity contribution in [1.82, 2.24) is 19.7 Å². The smallest absolute Gasteiger partial charge is 0.222 e. The molecule has 1 saturated heterocycles. The van der Waals surface area contributed by atoms with E-state index in [0.29, 0.717) is 45.5 Å². The number of hydrogen-bond acceptors (Lipinski definition) is 6. The van der Waals surface area contributed by atoms with Crippen molar-refractivity contribution in [2.75, 3.05) is 19.7 Å². The van der Waals surface area contributed by atoms with Crippen LogP contribution < -0.4 is 0 Å². The number of aryl methyl sites for hydroxylation is 2. The summed E-state index contributed by atoms with van der Waals surface area (Å²) in [7, 11) is 0. The van der Waals surface area contributed by atoms with Crippen LogP contribution in [0.2, 0.25) is 0 Å². The summed E-state index contributed by atoms with van der Waals surface area (Å²) < 4.78 is 7.63. The largest absolute Gasteiger partial charge is 0.373 e. The van der Waals surface area contributed by atoms with E-state index in [1.165, 1.54) is 0 Å². The molecule has 1 atom stereocenters. The van der Waals surface area contributed by atoms with E-state index in [1.807, 2.05) is 23.4 Å². The normalized spacial score (nSPS) is 21.2. The van der Waals surface area contributed by atoms with Gasteiger partial charge in [-0.1, -0.05) is 0 Å². The zero-order valence-electron chi connectivity index (χ0n) is 14.8. The number of morpholine rings is 1. The Morgan fingerprint density at radius 1 is 1.40 bits per heavy atom. The standard InChI is InChI=1S/C17H24N6O2/c1-4-5-7-17(20-21-17)8-6-16(24)22-9-10-25-15(11-22)12-23-14(3)18-13(2)19-23/h1,15H,5-12H2,2-3H3. The first-order valence-electron chi connectivity index (χ1n) is 8.66. The van der Waals surface area contributed by atoms with E-state index in [4.69, 9.17) is 11.2 Å². The third-order valence-electron chi connectivity index (χ3n) is 4.62. The number of aromatic nitrogens is 3. The van der Waals surface area contributed by atoms with E-state index in [0.717, 1.165) is 18.1 Å². The van der Waals surface area contributed by atoms with Crippen molar-refractivity contribution in [3.05, 3.63) is 11.6 Å². The fraction of sp³-hybridized carbons (Fsp3) is 0.706. The number of carbonyl (C=O) groups excluding carboxylic acids is 1. The summed E-state index contributed by atoms with van der Waals surface area (Å²) >= 11 is 0. The number of hydrogen-bond donors (Lipinski definition) is 0. The van der Waals surface area contributed by atoms with Gasteiger partial charge in [0.1, 0.15) is 11.6 Å². The van der Waals surface area contributed by atoms with Crippen LogP contribution in [0.25, 0.3) is 0 Å². The van der Waals surface area contributed by atoms with Gasteiger partial charge in [-0.2, -0.15) is 15.3 Å². The highest BCUT2D eigenvalue weighted by Crippen LogP contribution is 2.37. The Morgan fingerprint density at radius 2 is 2.20 bits per heavy atom. The van der Waals surface area contributed by atoms with E-state index in [-0.39, 0.29) is 12.0 Å². The summed E-state index contributed by atoms with van der Waals surface area (Å²) in [5.74, 6) is 4.33. The Labute approximate surface area is 147 Å². The van der Waals surface area contributed by atoms with E-state index in [2.05, 4.69) is 26.2 Å². The van der Waals surface area contributed by atoms with Crippen LogP contribution in [-0.2, 0) is 16.1 Å². The fourth-order valence-corrected chi connectivity index (χ4v) is 3.12. The molecule has 1 unspecified atom stereocenters. The van der Waals surface area contributed by atoms with Crippen molar-refractivity contribution < 1.29 is 9.53 Å². The lowest BCUT2D eigenvalue weighted by Gasteiger charge is -2.33. The van der Waals surface area contributed by atoms with Crippen molar-refractivity contribution in [3.63, 3.8) is 0 Å². The first kappa shape index (κ1) is 17.5. The highest BCUT2D eigenvalue weighted by atomic mass is 16.5. The maximum Gasteiger partial charge on any atom is 0.222 e. The maximum absolute atomic E-state index is 12.5. The zero-order valence-corrected chi connectivity index (χ0v) is 14.8. The molecule has 0 N–H and O–H groups in total. The Bertz CT molecular complexity index is 698. The van der Waals surface area contributed by atoms with Crippen molar-refractivity contribution in [2.45, 2.75) is 57.8 Å². The minimum atomic E-state index is -0.400. The molecule has 8 heteroatoms. The molecule has 1 fully saturated rings.